The number of ether oxygens (including phenoxy) is 2. The van der Waals surface area contributed by atoms with Crippen LogP contribution in [-0.4, -0.2) is 12.7 Å². The van der Waals surface area contributed by atoms with Crippen molar-refractivity contribution >= 4 is 27.5 Å². The van der Waals surface area contributed by atoms with Gasteiger partial charge in [0.25, 0.3) is 5.91 Å². The highest BCUT2D eigenvalue weighted by molar-refractivity contribution is 9.10. The molecular formula is C16H14BrNO3. The van der Waals surface area contributed by atoms with Crippen LogP contribution in [0, 0.1) is 13.8 Å². The average Bonchev–Trinajstić information content (AvgIpc) is 2.95. The highest BCUT2D eigenvalue weighted by Crippen LogP contribution is 2.33. The van der Waals surface area contributed by atoms with Crippen molar-refractivity contribution in [3.05, 3.63) is 51.5 Å². The predicted molar refractivity (Wildman–Crippen MR) is 84.1 cm³/mol. The largest absolute Gasteiger partial charge is 0.454 e. The summed E-state index contributed by atoms with van der Waals surface area (Å²) in [5, 5.41) is 2.93. The summed E-state index contributed by atoms with van der Waals surface area (Å²) in [5.41, 5.74) is 3.49. The number of hydrogen-bond acceptors (Lipinski definition) is 3. The second-order valence-corrected chi connectivity index (χ2v) is 5.72. The molecule has 1 aliphatic rings. The predicted octanol–water partition coefficient (Wildman–Crippen LogP) is 4.05. The lowest BCUT2D eigenvalue weighted by atomic mass is 10.1. The molecule has 1 N–H and O–H groups in total. The lowest BCUT2D eigenvalue weighted by Crippen LogP contribution is -2.13. The third-order valence-corrected chi connectivity index (χ3v) is 4.46. The SMILES string of the molecule is Cc1c(Br)ccc(NC(=O)c2ccc3c(c2)OCO3)c1C. The average molecular weight is 348 g/mol. The minimum absolute atomic E-state index is 0.168. The molecule has 1 amide bonds. The molecule has 3 rings (SSSR count). The number of hydrogen-bond donors (Lipinski definition) is 1. The molecule has 0 fully saturated rings. The van der Waals surface area contributed by atoms with Crippen molar-refractivity contribution in [1.29, 1.82) is 0 Å². The molecule has 0 radical (unpaired) electrons. The molecule has 1 heterocycles. The first-order valence-corrected chi connectivity index (χ1v) is 7.32. The van der Waals surface area contributed by atoms with E-state index in [1.165, 1.54) is 0 Å². The van der Waals surface area contributed by atoms with Crippen LogP contribution in [0.1, 0.15) is 21.5 Å². The maximum atomic E-state index is 12.3. The third kappa shape index (κ3) is 2.61. The minimum Gasteiger partial charge on any atom is -0.454 e. The minimum atomic E-state index is -0.168. The zero-order chi connectivity index (χ0) is 15.0. The smallest absolute Gasteiger partial charge is 0.255 e. The Balaban J connectivity index is 1.85. The Morgan fingerprint density at radius 3 is 2.67 bits per heavy atom. The zero-order valence-electron chi connectivity index (χ0n) is 11.7. The van der Waals surface area contributed by atoms with E-state index in [2.05, 4.69) is 21.2 Å². The van der Waals surface area contributed by atoms with Crippen molar-refractivity contribution in [2.45, 2.75) is 13.8 Å². The topological polar surface area (TPSA) is 47.6 Å². The fraction of sp³-hybridized carbons (Fsp3) is 0.188. The first-order chi connectivity index (χ1) is 10.1. The van der Waals surface area contributed by atoms with Gasteiger partial charge in [0, 0.05) is 15.7 Å². The molecule has 0 unspecified atom stereocenters. The number of carbonyl (C=O) groups excluding carboxylic acids is 1. The van der Waals surface area contributed by atoms with E-state index in [1.54, 1.807) is 18.2 Å². The van der Waals surface area contributed by atoms with Crippen molar-refractivity contribution in [3.63, 3.8) is 0 Å². The number of amides is 1. The van der Waals surface area contributed by atoms with Crippen LogP contribution in [0.25, 0.3) is 0 Å². The Labute approximate surface area is 131 Å². The van der Waals surface area contributed by atoms with Crippen molar-refractivity contribution < 1.29 is 14.3 Å². The fourth-order valence-corrected chi connectivity index (χ4v) is 2.58. The molecule has 0 saturated carbocycles. The first kappa shape index (κ1) is 13.9. The molecule has 0 atom stereocenters. The van der Waals surface area contributed by atoms with Gasteiger partial charge in [-0.3, -0.25) is 4.79 Å². The quantitative estimate of drug-likeness (QED) is 0.891. The van der Waals surface area contributed by atoms with Gasteiger partial charge in [-0.05, 0) is 55.3 Å². The van der Waals surface area contributed by atoms with Crippen molar-refractivity contribution in [3.8, 4) is 11.5 Å². The van der Waals surface area contributed by atoms with Crippen LogP contribution in [0.15, 0.2) is 34.8 Å². The van der Waals surface area contributed by atoms with Crippen LogP contribution in [0.2, 0.25) is 0 Å². The lowest BCUT2D eigenvalue weighted by Gasteiger charge is -2.12. The number of fused-ring (bicyclic) bond motifs is 1. The van der Waals surface area contributed by atoms with Crippen LogP contribution in [0.5, 0.6) is 11.5 Å². The van der Waals surface area contributed by atoms with Gasteiger partial charge in [-0.25, -0.2) is 0 Å². The standard InChI is InChI=1S/C16H14BrNO3/c1-9-10(2)13(5-4-12(9)17)18-16(19)11-3-6-14-15(7-11)21-8-20-14/h3-7H,8H2,1-2H3,(H,18,19). The van der Waals surface area contributed by atoms with Gasteiger partial charge in [0.2, 0.25) is 6.79 Å². The molecule has 0 bridgehead atoms. The van der Waals surface area contributed by atoms with E-state index in [0.717, 1.165) is 21.3 Å². The van der Waals surface area contributed by atoms with Crippen LogP contribution in [-0.2, 0) is 0 Å². The molecule has 0 aliphatic carbocycles. The van der Waals surface area contributed by atoms with Gasteiger partial charge in [-0.2, -0.15) is 0 Å². The van der Waals surface area contributed by atoms with E-state index < -0.39 is 0 Å². The first-order valence-electron chi connectivity index (χ1n) is 6.53. The summed E-state index contributed by atoms with van der Waals surface area (Å²) in [5.74, 6) is 1.10. The van der Waals surface area contributed by atoms with Crippen molar-refractivity contribution in [2.24, 2.45) is 0 Å². The van der Waals surface area contributed by atoms with E-state index in [1.807, 2.05) is 26.0 Å². The molecule has 0 aromatic heterocycles. The molecule has 2 aromatic rings. The van der Waals surface area contributed by atoms with E-state index in [-0.39, 0.29) is 12.7 Å². The number of anilines is 1. The molecule has 0 saturated heterocycles. The number of nitrogens with one attached hydrogen (secondary N) is 1. The van der Waals surface area contributed by atoms with Gasteiger partial charge in [-0.1, -0.05) is 15.9 Å². The third-order valence-electron chi connectivity index (χ3n) is 3.60. The Morgan fingerprint density at radius 2 is 1.86 bits per heavy atom. The second-order valence-electron chi connectivity index (χ2n) is 4.87. The van der Waals surface area contributed by atoms with Crippen LogP contribution in [0.4, 0.5) is 5.69 Å². The Hall–Kier alpha value is -2.01. The summed E-state index contributed by atoms with van der Waals surface area (Å²) >= 11 is 3.48. The fourth-order valence-electron chi connectivity index (χ4n) is 2.16. The van der Waals surface area contributed by atoms with E-state index >= 15 is 0 Å². The van der Waals surface area contributed by atoms with Crippen molar-refractivity contribution in [2.75, 3.05) is 12.1 Å². The molecule has 1 aliphatic heterocycles. The van der Waals surface area contributed by atoms with Gasteiger partial charge in [0.05, 0.1) is 0 Å². The summed E-state index contributed by atoms with van der Waals surface area (Å²) in [7, 11) is 0. The summed E-state index contributed by atoms with van der Waals surface area (Å²) in [6, 6.07) is 8.98. The molecular weight excluding hydrogens is 334 g/mol. The molecule has 21 heavy (non-hydrogen) atoms. The summed E-state index contributed by atoms with van der Waals surface area (Å²) in [6.07, 6.45) is 0. The van der Waals surface area contributed by atoms with Crippen LogP contribution in [0.3, 0.4) is 0 Å². The van der Waals surface area contributed by atoms with E-state index in [4.69, 9.17) is 9.47 Å². The summed E-state index contributed by atoms with van der Waals surface area (Å²) < 4.78 is 11.6. The number of carbonyl (C=O) groups is 1. The Bertz CT molecular complexity index is 728. The van der Waals surface area contributed by atoms with E-state index in [0.29, 0.717) is 17.1 Å². The maximum Gasteiger partial charge on any atom is 0.255 e. The van der Waals surface area contributed by atoms with Gasteiger partial charge in [0.15, 0.2) is 11.5 Å². The number of rotatable bonds is 2. The Kier molecular flexibility index (Phi) is 3.59. The molecule has 4 nitrogen and oxygen atoms in total. The molecule has 0 spiro atoms. The van der Waals surface area contributed by atoms with Gasteiger partial charge in [0.1, 0.15) is 0 Å². The monoisotopic (exact) mass is 347 g/mol. The normalized spacial score (nSPS) is 12.3. The summed E-state index contributed by atoms with van der Waals surface area (Å²) in [4.78, 5) is 12.3. The Morgan fingerprint density at radius 1 is 1.10 bits per heavy atom. The summed E-state index contributed by atoms with van der Waals surface area (Å²) in [6.45, 7) is 4.19. The number of halogens is 1. The zero-order valence-corrected chi connectivity index (χ0v) is 13.3. The van der Waals surface area contributed by atoms with Crippen molar-refractivity contribution in [1.82, 2.24) is 0 Å². The molecule has 108 valence electrons. The van der Waals surface area contributed by atoms with Gasteiger partial charge >= 0.3 is 0 Å². The number of benzene rings is 2. The second kappa shape index (κ2) is 5.41. The highest BCUT2D eigenvalue weighted by atomic mass is 79.9. The molecule has 5 heteroatoms. The van der Waals surface area contributed by atoms with Crippen LogP contribution < -0.4 is 14.8 Å². The molecule has 2 aromatic carbocycles. The van der Waals surface area contributed by atoms with Gasteiger partial charge < -0.3 is 14.8 Å². The van der Waals surface area contributed by atoms with Crippen LogP contribution >= 0.6 is 15.9 Å². The van der Waals surface area contributed by atoms with Gasteiger partial charge in [-0.15, -0.1) is 0 Å². The van der Waals surface area contributed by atoms with E-state index in [9.17, 15) is 4.79 Å². The maximum absolute atomic E-state index is 12.3. The lowest BCUT2D eigenvalue weighted by molar-refractivity contribution is 0.102. The highest BCUT2D eigenvalue weighted by Gasteiger charge is 2.17.